The zero-order chi connectivity index (χ0) is 14.4. The number of hydrogen-bond donors (Lipinski definition) is 2. The smallest absolute Gasteiger partial charge is 0.0685 e. The Bertz CT molecular complexity index is 645. The van der Waals surface area contributed by atoms with Crippen molar-refractivity contribution in [2.24, 2.45) is 11.3 Å². The zero-order valence-electron chi connectivity index (χ0n) is 12.9. The molecule has 4 rings (SSSR count). The molecule has 0 radical (unpaired) electrons. The number of ether oxygens (including phenoxy) is 1. The number of aromatic nitrogens is 1. The lowest BCUT2D eigenvalue weighted by Crippen LogP contribution is -2.66. The van der Waals surface area contributed by atoms with E-state index in [0.29, 0.717) is 12.1 Å². The first-order valence-electron chi connectivity index (χ1n) is 8.08. The minimum atomic E-state index is 0.279. The molecule has 3 heteroatoms. The summed E-state index contributed by atoms with van der Waals surface area (Å²) in [5.74, 6) is 0.725. The molecule has 3 nitrogen and oxygen atoms in total. The average Bonchev–Trinajstić information content (AvgIpc) is 3.09. The van der Waals surface area contributed by atoms with Gasteiger partial charge in [0.05, 0.1) is 6.10 Å². The van der Waals surface area contributed by atoms with E-state index in [-0.39, 0.29) is 5.41 Å². The Morgan fingerprint density at radius 1 is 1.33 bits per heavy atom. The van der Waals surface area contributed by atoms with Crippen molar-refractivity contribution >= 4 is 10.9 Å². The van der Waals surface area contributed by atoms with E-state index in [2.05, 4.69) is 54.6 Å². The predicted molar refractivity (Wildman–Crippen MR) is 85.4 cm³/mol. The first-order valence-corrected chi connectivity index (χ1v) is 8.08. The number of benzene rings is 1. The fourth-order valence-electron chi connectivity index (χ4n) is 4.44. The molecular weight excluding hydrogens is 260 g/mol. The van der Waals surface area contributed by atoms with Crippen molar-refractivity contribution in [2.45, 2.75) is 38.8 Å². The first kappa shape index (κ1) is 13.4. The molecule has 0 amide bonds. The van der Waals surface area contributed by atoms with Gasteiger partial charge in [-0.2, -0.15) is 0 Å². The predicted octanol–water partition coefficient (Wildman–Crippen LogP) is 3.11. The molecule has 2 aromatic rings. The minimum Gasteiger partial charge on any atom is -0.377 e. The van der Waals surface area contributed by atoms with E-state index < -0.39 is 0 Å². The molecule has 1 aliphatic carbocycles. The third-order valence-electron chi connectivity index (χ3n) is 5.53. The average molecular weight is 284 g/mol. The molecule has 3 atom stereocenters. The minimum absolute atomic E-state index is 0.279. The number of nitrogens with one attached hydrogen (secondary N) is 2. The number of hydrogen-bond acceptors (Lipinski definition) is 2. The lowest BCUT2D eigenvalue weighted by atomic mass is 9.57. The van der Waals surface area contributed by atoms with Gasteiger partial charge in [0.15, 0.2) is 0 Å². The maximum atomic E-state index is 5.86. The molecule has 1 aliphatic heterocycles. The van der Waals surface area contributed by atoms with Gasteiger partial charge >= 0.3 is 0 Å². The lowest BCUT2D eigenvalue weighted by Gasteiger charge is -2.55. The summed E-state index contributed by atoms with van der Waals surface area (Å²) in [6.45, 7) is 6.66. The van der Waals surface area contributed by atoms with Crippen LogP contribution in [0.5, 0.6) is 0 Å². The molecular formula is C18H24N2O. The number of para-hydroxylation sites is 1. The first-order chi connectivity index (χ1) is 10.2. The summed E-state index contributed by atoms with van der Waals surface area (Å²) in [5.41, 5.74) is 2.93. The van der Waals surface area contributed by atoms with Crippen molar-refractivity contribution in [2.75, 3.05) is 13.2 Å². The Morgan fingerprint density at radius 2 is 2.19 bits per heavy atom. The molecule has 2 N–H and O–H groups in total. The monoisotopic (exact) mass is 284 g/mol. The standard InChI is InChI=1S/C18H24N2O/c1-18(2)16(14-8-10-21-17(14)18)19-9-7-12-11-20-15-6-4-3-5-13(12)15/h3-6,11,14,16-17,19-20H,7-10H2,1-2H3/t14-,16-,17-/m1/s1. The highest BCUT2D eigenvalue weighted by molar-refractivity contribution is 5.83. The Hall–Kier alpha value is -1.32. The highest BCUT2D eigenvalue weighted by atomic mass is 16.5. The van der Waals surface area contributed by atoms with Crippen molar-refractivity contribution in [3.05, 3.63) is 36.0 Å². The van der Waals surface area contributed by atoms with Crippen LogP contribution < -0.4 is 5.32 Å². The summed E-state index contributed by atoms with van der Waals surface area (Å²) in [5, 5.41) is 5.15. The molecule has 1 aromatic heterocycles. The molecule has 1 aromatic carbocycles. The molecule has 21 heavy (non-hydrogen) atoms. The van der Waals surface area contributed by atoms with Crippen LogP contribution in [0.4, 0.5) is 0 Å². The summed E-state index contributed by atoms with van der Waals surface area (Å²) in [4.78, 5) is 3.36. The molecule has 0 unspecified atom stereocenters. The third-order valence-corrected chi connectivity index (χ3v) is 5.53. The van der Waals surface area contributed by atoms with E-state index in [4.69, 9.17) is 4.74 Å². The summed E-state index contributed by atoms with van der Waals surface area (Å²) < 4.78 is 5.86. The highest BCUT2D eigenvalue weighted by Gasteiger charge is 2.58. The molecule has 2 aliphatic rings. The van der Waals surface area contributed by atoms with Gasteiger partial charge < -0.3 is 15.0 Å². The molecule has 2 heterocycles. The van der Waals surface area contributed by atoms with Crippen LogP contribution in [-0.2, 0) is 11.2 Å². The normalized spacial score (nSPS) is 30.3. The van der Waals surface area contributed by atoms with Crippen LogP contribution in [0.1, 0.15) is 25.8 Å². The third kappa shape index (κ3) is 2.02. The summed E-state index contributed by atoms with van der Waals surface area (Å²) in [7, 11) is 0. The van der Waals surface area contributed by atoms with Gasteiger partial charge in [-0.05, 0) is 31.0 Å². The van der Waals surface area contributed by atoms with Crippen LogP contribution in [0.25, 0.3) is 10.9 Å². The van der Waals surface area contributed by atoms with Crippen molar-refractivity contribution in [3.8, 4) is 0 Å². The molecule has 0 spiro atoms. The van der Waals surface area contributed by atoms with E-state index in [9.17, 15) is 0 Å². The Kier molecular flexibility index (Phi) is 3.09. The van der Waals surface area contributed by atoms with Crippen LogP contribution in [0.2, 0.25) is 0 Å². The van der Waals surface area contributed by atoms with Gasteiger partial charge in [0.1, 0.15) is 0 Å². The number of fused-ring (bicyclic) bond motifs is 2. The maximum Gasteiger partial charge on any atom is 0.0685 e. The zero-order valence-corrected chi connectivity index (χ0v) is 12.9. The molecule has 112 valence electrons. The van der Waals surface area contributed by atoms with Crippen molar-refractivity contribution < 1.29 is 4.74 Å². The van der Waals surface area contributed by atoms with Gasteiger partial charge in [0.25, 0.3) is 0 Å². The second-order valence-electron chi connectivity index (χ2n) is 7.11. The Balaban J connectivity index is 1.40. The largest absolute Gasteiger partial charge is 0.377 e. The molecule has 2 fully saturated rings. The van der Waals surface area contributed by atoms with E-state index in [1.807, 2.05) is 0 Å². The van der Waals surface area contributed by atoms with Gasteiger partial charge in [-0.15, -0.1) is 0 Å². The van der Waals surface area contributed by atoms with Crippen LogP contribution in [0, 0.1) is 11.3 Å². The highest BCUT2D eigenvalue weighted by Crippen LogP contribution is 2.52. The fraction of sp³-hybridized carbons (Fsp3) is 0.556. The second-order valence-corrected chi connectivity index (χ2v) is 7.11. The van der Waals surface area contributed by atoms with Crippen LogP contribution in [0.15, 0.2) is 30.5 Å². The lowest BCUT2D eigenvalue weighted by molar-refractivity contribution is -0.112. The van der Waals surface area contributed by atoms with E-state index in [1.54, 1.807) is 0 Å². The van der Waals surface area contributed by atoms with E-state index in [1.165, 1.54) is 22.9 Å². The summed E-state index contributed by atoms with van der Waals surface area (Å²) in [6.07, 6.45) is 4.93. The van der Waals surface area contributed by atoms with Crippen LogP contribution in [-0.4, -0.2) is 30.3 Å². The summed E-state index contributed by atoms with van der Waals surface area (Å²) in [6, 6.07) is 9.15. The second kappa shape index (κ2) is 4.85. The van der Waals surface area contributed by atoms with Crippen molar-refractivity contribution in [3.63, 3.8) is 0 Å². The van der Waals surface area contributed by atoms with Crippen LogP contribution in [0.3, 0.4) is 0 Å². The maximum absolute atomic E-state index is 5.86. The fourth-order valence-corrected chi connectivity index (χ4v) is 4.44. The van der Waals surface area contributed by atoms with Crippen molar-refractivity contribution in [1.29, 1.82) is 0 Å². The Morgan fingerprint density at radius 3 is 3.10 bits per heavy atom. The Labute approximate surface area is 126 Å². The van der Waals surface area contributed by atoms with Crippen LogP contribution >= 0.6 is 0 Å². The number of rotatable bonds is 4. The summed E-state index contributed by atoms with van der Waals surface area (Å²) >= 11 is 0. The van der Waals surface area contributed by atoms with Gasteiger partial charge in [-0.1, -0.05) is 32.0 Å². The van der Waals surface area contributed by atoms with E-state index >= 15 is 0 Å². The molecule has 0 bridgehead atoms. The quantitative estimate of drug-likeness (QED) is 0.905. The van der Waals surface area contributed by atoms with E-state index in [0.717, 1.165) is 25.5 Å². The number of H-pyrrole nitrogens is 1. The van der Waals surface area contributed by atoms with Gasteiger partial charge in [0.2, 0.25) is 0 Å². The molecule has 1 saturated heterocycles. The molecule has 1 saturated carbocycles. The van der Waals surface area contributed by atoms with Gasteiger partial charge in [-0.25, -0.2) is 0 Å². The van der Waals surface area contributed by atoms with Gasteiger partial charge in [0, 0.05) is 41.1 Å². The SMILES string of the molecule is CC1(C)[C@H](NCCc2c[nH]c3ccccc23)[C@H]2CCO[C@H]21. The van der Waals surface area contributed by atoms with Gasteiger partial charge in [-0.3, -0.25) is 0 Å². The topological polar surface area (TPSA) is 37.0 Å². The number of aromatic amines is 1. The van der Waals surface area contributed by atoms with Crippen molar-refractivity contribution in [1.82, 2.24) is 10.3 Å².